The van der Waals surface area contributed by atoms with E-state index in [0.717, 1.165) is 0 Å². The lowest BCUT2D eigenvalue weighted by atomic mass is 10.3. The Hall–Kier alpha value is -2.24. The van der Waals surface area contributed by atoms with Gasteiger partial charge in [-0.25, -0.2) is 4.79 Å². The van der Waals surface area contributed by atoms with Crippen molar-refractivity contribution >= 4 is 23.4 Å². The van der Waals surface area contributed by atoms with E-state index in [1.807, 2.05) is 0 Å². The number of nitrogen functional groups attached to an aromatic ring is 1. The SMILES string of the molecule is CCOC(=O)CCCNC(=O)Nc1ccc(N)cc1. The molecule has 19 heavy (non-hydrogen) atoms. The molecule has 0 heterocycles. The van der Waals surface area contributed by atoms with E-state index >= 15 is 0 Å². The number of nitrogens with one attached hydrogen (secondary N) is 2. The van der Waals surface area contributed by atoms with Crippen molar-refractivity contribution in [1.82, 2.24) is 5.32 Å². The van der Waals surface area contributed by atoms with Crippen molar-refractivity contribution in [2.45, 2.75) is 19.8 Å². The fourth-order valence-corrected chi connectivity index (χ4v) is 1.41. The van der Waals surface area contributed by atoms with Crippen LogP contribution < -0.4 is 16.4 Å². The largest absolute Gasteiger partial charge is 0.466 e. The van der Waals surface area contributed by atoms with Crippen molar-refractivity contribution in [3.05, 3.63) is 24.3 Å². The third kappa shape index (κ3) is 6.30. The molecule has 2 amide bonds. The van der Waals surface area contributed by atoms with Crippen LogP contribution in [0.1, 0.15) is 19.8 Å². The maximum atomic E-state index is 11.5. The van der Waals surface area contributed by atoms with Crippen LogP contribution in [0.2, 0.25) is 0 Å². The Labute approximate surface area is 112 Å². The first-order chi connectivity index (χ1) is 9.11. The van der Waals surface area contributed by atoms with Crippen LogP contribution in [0.3, 0.4) is 0 Å². The van der Waals surface area contributed by atoms with Crippen LogP contribution in [0.4, 0.5) is 16.2 Å². The molecule has 6 nitrogen and oxygen atoms in total. The normalized spacial score (nSPS) is 9.74. The summed E-state index contributed by atoms with van der Waals surface area (Å²) in [6.07, 6.45) is 0.851. The maximum Gasteiger partial charge on any atom is 0.319 e. The molecule has 0 aromatic heterocycles. The summed E-state index contributed by atoms with van der Waals surface area (Å²) in [5.41, 5.74) is 6.84. The number of esters is 1. The van der Waals surface area contributed by atoms with Gasteiger partial charge in [-0.2, -0.15) is 0 Å². The molecule has 0 unspecified atom stereocenters. The predicted molar refractivity (Wildman–Crippen MR) is 73.7 cm³/mol. The maximum absolute atomic E-state index is 11.5. The molecule has 0 saturated heterocycles. The van der Waals surface area contributed by atoms with Gasteiger partial charge in [-0.05, 0) is 37.6 Å². The number of rotatable bonds is 6. The molecule has 4 N–H and O–H groups in total. The summed E-state index contributed by atoms with van der Waals surface area (Å²) in [5.74, 6) is -0.247. The quantitative estimate of drug-likeness (QED) is 0.415. The van der Waals surface area contributed by atoms with E-state index in [0.29, 0.717) is 37.4 Å². The highest BCUT2D eigenvalue weighted by Gasteiger charge is 2.03. The number of anilines is 2. The molecule has 1 aromatic rings. The predicted octanol–water partition coefficient (Wildman–Crippen LogP) is 1.73. The summed E-state index contributed by atoms with van der Waals surface area (Å²) in [5, 5.41) is 5.31. The molecule has 0 spiro atoms. The van der Waals surface area contributed by atoms with Crippen LogP contribution in [-0.2, 0) is 9.53 Å². The van der Waals surface area contributed by atoms with E-state index in [-0.39, 0.29) is 12.0 Å². The Morgan fingerprint density at radius 3 is 2.58 bits per heavy atom. The van der Waals surface area contributed by atoms with E-state index < -0.39 is 0 Å². The van der Waals surface area contributed by atoms with Crippen LogP contribution in [0.15, 0.2) is 24.3 Å². The minimum Gasteiger partial charge on any atom is -0.466 e. The molecule has 0 fully saturated rings. The molecule has 1 aromatic carbocycles. The van der Waals surface area contributed by atoms with Crippen molar-refractivity contribution in [3.8, 4) is 0 Å². The molecule has 0 aliphatic rings. The minimum atomic E-state index is -0.311. The zero-order valence-corrected chi connectivity index (χ0v) is 10.9. The van der Waals surface area contributed by atoms with Gasteiger partial charge in [-0.1, -0.05) is 0 Å². The summed E-state index contributed by atoms with van der Waals surface area (Å²) in [7, 11) is 0. The Morgan fingerprint density at radius 1 is 1.26 bits per heavy atom. The van der Waals surface area contributed by atoms with Crippen molar-refractivity contribution < 1.29 is 14.3 Å². The molecular weight excluding hydrogens is 246 g/mol. The van der Waals surface area contributed by atoms with Gasteiger partial charge in [0.2, 0.25) is 0 Å². The first-order valence-electron chi connectivity index (χ1n) is 6.18. The fourth-order valence-electron chi connectivity index (χ4n) is 1.41. The lowest BCUT2D eigenvalue weighted by Gasteiger charge is -2.07. The molecule has 0 atom stereocenters. The molecule has 0 aliphatic carbocycles. The highest BCUT2D eigenvalue weighted by atomic mass is 16.5. The second kappa shape index (κ2) is 7.97. The van der Waals surface area contributed by atoms with E-state index in [4.69, 9.17) is 10.5 Å². The van der Waals surface area contributed by atoms with Crippen LogP contribution in [0, 0.1) is 0 Å². The van der Waals surface area contributed by atoms with Crippen LogP contribution in [0.5, 0.6) is 0 Å². The average molecular weight is 265 g/mol. The van der Waals surface area contributed by atoms with Crippen LogP contribution in [0.25, 0.3) is 0 Å². The zero-order valence-electron chi connectivity index (χ0n) is 10.9. The van der Waals surface area contributed by atoms with E-state index in [2.05, 4.69) is 10.6 Å². The molecule has 0 radical (unpaired) electrons. The first-order valence-corrected chi connectivity index (χ1v) is 6.18. The average Bonchev–Trinajstić information content (AvgIpc) is 2.38. The summed E-state index contributed by atoms with van der Waals surface area (Å²) in [6, 6.07) is 6.53. The third-order valence-corrected chi connectivity index (χ3v) is 2.32. The van der Waals surface area contributed by atoms with Gasteiger partial charge in [0, 0.05) is 24.3 Å². The molecule has 0 bridgehead atoms. The lowest BCUT2D eigenvalue weighted by Crippen LogP contribution is -2.29. The van der Waals surface area contributed by atoms with Gasteiger partial charge in [-0.3, -0.25) is 4.79 Å². The van der Waals surface area contributed by atoms with E-state index in [9.17, 15) is 9.59 Å². The summed E-state index contributed by atoms with van der Waals surface area (Å²) in [6.45, 7) is 2.56. The Balaban J connectivity index is 2.18. The van der Waals surface area contributed by atoms with Crippen LogP contribution in [-0.4, -0.2) is 25.2 Å². The number of amides is 2. The Bertz CT molecular complexity index is 418. The van der Waals surface area contributed by atoms with Gasteiger partial charge in [0.25, 0.3) is 0 Å². The molecule has 0 aliphatic heterocycles. The third-order valence-electron chi connectivity index (χ3n) is 2.32. The summed E-state index contributed by atoms with van der Waals surface area (Å²) >= 11 is 0. The summed E-state index contributed by atoms with van der Waals surface area (Å²) in [4.78, 5) is 22.5. The topological polar surface area (TPSA) is 93.4 Å². The van der Waals surface area contributed by atoms with E-state index in [1.54, 1.807) is 31.2 Å². The second-order valence-electron chi connectivity index (χ2n) is 3.91. The number of benzene rings is 1. The standard InChI is InChI=1S/C13H19N3O3/c1-2-19-12(17)4-3-9-15-13(18)16-11-7-5-10(14)6-8-11/h5-8H,2-4,9,14H2,1H3,(H2,15,16,18). The molecular formula is C13H19N3O3. The number of ether oxygens (including phenoxy) is 1. The van der Waals surface area contributed by atoms with Crippen LogP contribution >= 0.6 is 0 Å². The lowest BCUT2D eigenvalue weighted by molar-refractivity contribution is -0.143. The monoisotopic (exact) mass is 265 g/mol. The number of carbonyl (C=O) groups is 2. The molecule has 104 valence electrons. The Kier molecular flexibility index (Phi) is 6.21. The number of hydrogen-bond donors (Lipinski definition) is 3. The molecule has 0 saturated carbocycles. The van der Waals surface area contributed by atoms with Gasteiger partial charge in [-0.15, -0.1) is 0 Å². The van der Waals surface area contributed by atoms with Crippen molar-refractivity contribution in [1.29, 1.82) is 0 Å². The number of nitrogens with two attached hydrogens (primary N) is 1. The van der Waals surface area contributed by atoms with Crippen molar-refractivity contribution in [2.75, 3.05) is 24.2 Å². The molecule has 6 heteroatoms. The van der Waals surface area contributed by atoms with Gasteiger partial charge < -0.3 is 21.1 Å². The smallest absolute Gasteiger partial charge is 0.319 e. The van der Waals surface area contributed by atoms with Crippen molar-refractivity contribution in [2.24, 2.45) is 0 Å². The highest BCUT2D eigenvalue weighted by Crippen LogP contribution is 2.09. The fraction of sp³-hybridized carbons (Fsp3) is 0.385. The Morgan fingerprint density at radius 2 is 1.95 bits per heavy atom. The minimum absolute atomic E-state index is 0.247. The van der Waals surface area contributed by atoms with E-state index in [1.165, 1.54) is 0 Å². The van der Waals surface area contributed by atoms with Gasteiger partial charge >= 0.3 is 12.0 Å². The van der Waals surface area contributed by atoms with Gasteiger partial charge in [0.1, 0.15) is 0 Å². The summed E-state index contributed by atoms with van der Waals surface area (Å²) < 4.78 is 4.78. The van der Waals surface area contributed by atoms with Crippen molar-refractivity contribution in [3.63, 3.8) is 0 Å². The highest BCUT2D eigenvalue weighted by molar-refractivity contribution is 5.89. The van der Waals surface area contributed by atoms with Gasteiger partial charge in [0.05, 0.1) is 6.61 Å². The van der Waals surface area contributed by atoms with Gasteiger partial charge in [0.15, 0.2) is 0 Å². The molecule has 1 rings (SSSR count). The number of urea groups is 1. The second-order valence-corrected chi connectivity index (χ2v) is 3.91. The number of carbonyl (C=O) groups excluding carboxylic acids is 2. The zero-order chi connectivity index (χ0) is 14.1. The first kappa shape index (κ1) is 14.8. The number of hydrogen-bond acceptors (Lipinski definition) is 4.